The largest absolute Gasteiger partial charge is 0.396 e. The first-order chi connectivity index (χ1) is 21.7. The van der Waals surface area contributed by atoms with Crippen molar-refractivity contribution >= 4 is 80.4 Å². The SMILES string of the molecule is C=CC(=O)N1CCN(c2c(C#N)c(=O)n(C3=C(C)C=CNC3C(C)C)c3nc(-c4c(F)c(Cl)c(Cl)c(N)c4Cl)c(Cl)cc23)C[C@H]1C. The molecule has 0 spiro atoms. The molecule has 1 fully saturated rings. The number of anilines is 2. The number of hydrogen-bond donors (Lipinski definition) is 2. The van der Waals surface area contributed by atoms with Crippen LogP contribution >= 0.6 is 46.4 Å². The molecular weight excluding hydrogens is 675 g/mol. The van der Waals surface area contributed by atoms with Crippen LogP contribution in [-0.4, -0.2) is 52.1 Å². The molecule has 46 heavy (non-hydrogen) atoms. The molecule has 5 rings (SSSR count). The number of dihydropyridines is 1. The Morgan fingerprint density at radius 1 is 1.24 bits per heavy atom. The number of hydrogen-bond acceptors (Lipinski definition) is 7. The number of benzene rings is 1. The van der Waals surface area contributed by atoms with Gasteiger partial charge in [-0.1, -0.05) is 66.8 Å². The van der Waals surface area contributed by atoms with Crippen LogP contribution < -0.4 is 21.5 Å². The summed E-state index contributed by atoms with van der Waals surface area (Å²) in [5.41, 5.74) is 6.45. The molecule has 0 saturated carbocycles. The molecule has 3 aromatic rings. The Balaban J connectivity index is 1.91. The highest BCUT2D eigenvalue weighted by Crippen LogP contribution is 2.46. The lowest BCUT2D eigenvalue weighted by molar-refractivity contribution is -0.128. The molecule has 0 bridgehead atoms. The average molecular weight is 705 g/mol. The number of nitrogen functional groups attached to an aromatic ring is 1. The van der Waals surface area contributed by atoms with Gasteiger partial charge in [-0.3, -0.25) is 14.2 Å². The Morgan fingerprint density at radius 2 is 1.93 bits per heavy atom. The molecule has 240 valence electrons. The number of pyridine rings is 2. The van der Waals surface area contributed by atoms with Gasteiger partial charge in [0.05, 0.1) is 54.5 Å². The van der Waals surface area contributed by atoms with Crippen molar-refractivity contribution in [2.45, 2.75) is 39.8 Å². The number of aromatic nitrogens is 2. The molecule has 1 unspecified atom stereocenters. The van der Waals surface area contributed by atoms with E-state index < -0.39 is 16.4 Å². The predicted octanol–water partition coefficient (Wildman–Crippen LogP) is 6.87. The Hall–Kier alpha value is -3.75. The van der Waals surface area contributed by atoms with Crippen molar-refractivity contribution in [2.75, 3.05) is 30.3 Å². The van der Waals surface area contributed by atoms with Gasteiger partial charge in [-0.25, -0.2) is 9.37 Å². The third-order valence-electron chi connectivity index (χ3n) is 8.34. The Labute approximate surface area is 285 Å². The van der Waals surface area contributed by atoms with E-state index >= 15 is 4.39 Å². The van der Waals surface area contributed by atoms with E-state index in [9.17, 15) is 14.9 Å². The number of amides is 1. The summed E-state index contributed by atoms with van der Waals surface area (Å²) in [4.78, 5) is 35.3. The number of nitrogens with two attached hydrogens (primary N) is 1. The second kappa shape index (κ2) is 12.8. The van der Waals surface area contributed by atoms with E-state index in [2.05, 4.69) is 18.0 Å². The van der Waals surface area contributed by atoms with E-state index in [0.717, 1.165) is 5.57 Å². The van der Waals surface area contributed by atoms with Crippen molar-refractivity contribution < 1.29 is 9.18 Å². The van der Waals surface area contributed by atoms with Crippen LogP contribution in [0.25, 0.3) is 28.0 Å². The number of nitrogens with zero attached hydrogens (tertiary/aromatic N) is 5. The van der Waals surface area contributed by atoms with Gasteiger partial charge in [-0.15, -0.1) is 0 Å². The van der Waals surface area contributed by atoms with Gasteiger partial charge in [0.2, 0.25) is 5.91 Å². The molecule has 3 N–H and O–H groups in total. The Kier molecular flexibility index (Phi) is 9.35. The molecule has 1 saturated heterocycles. The number of allylic oxidation sites excluding steroid dienone is 2. The quantitative estimate of drug-likeness (QED) is 0.129. The van der Waals surface area contributed by atoms with Crippen LogP contribution in [0.2, 0.25) is 20.1 Å². The smallest absolute Gasteiger partial charge is 0.276 e. The highest BCUT2D eigenvalue weighted by atomic mass is 35.5. The van der Waals surface area contributed by atoms with Crippen molar-refractivity contribution in [3.05, 3.63) is 78.4 Å². The zero-order valence-electron chi connectivity index (χ0n) is 25.4. The zero-order chi connectivity index (χ0) is 33.8. The van der Waals surface area contributed by atoms with Crippen LogP contribution in [0.3, 0.4) is 0 Å². The number of fused-ring (bicyclic) bond motifs is 1. The summed E-state index contributed by atoms with van der Waals surface area (Å²) in [6.07, 6.45) is 4.87. The Morgan fingerprint density at radius 3 is 2.54 bits per heavy atom. The average Bonchev–Trinajstić information content (AvgIpc) is 3.02. The minimum atomic E-state index is -0.989. The maximum absolute atomic E-state index is 15.8. The second-order valence-electron chi connectivity index (χ2n) is 11.5. The molecule has 0 radical (unpaired) electrons. The van der Waals surface area contributed by atoms with E-state index in [4.69, 9.17) is 57.1 Å². The molecule has 1 amide bonds. The fraction of sp³-hybridized carbons (Fsp3) is 0.312. The lowest BCUT2D eigenvalue weighted by atomic mass is 9.94. The summed E-state index contributed by atoms with van der Waals surface area (Å²) >= 11 is 25.7. The maximum Gasteiger partial charge on any atom is 0.276 e. The molecule has 2 aliphatic heterocycles. The van der Waals surface area contributed by atoms with Crippen LogP contribution in [0.15, 0.2) is 41.4 Å². The molecule has 2 aliphatic rings. The van der Waals surface area contributed by atoms with Crippen LogP contribution in [0.1, 0.15) is 33.3 Å². The standard InChI is InChI=1S/C32H30Cl4FN7O2/c1-6-20(45)43-10-9-42(13-16(43)5)30-17-11-19(33)28(21-22(34)26(39)24(36)23(35)25(21)37)41-31(17)44(32(46)18(30)12-38)29-15(4)7-8-40-27(29)14(2)3/h6-8,11,14,16,27,40H,1,9-10,13,39H2,2-5H3/t16-,27?/m1/s1. The van der Waals surface area contributed by atoms with Gasteiger partial charge in [-0.05, 0) is 49.8 Å². The first kappa shape index (κ1) is 33.6. The number of nitrogens with one attached hydrogen (secondary N) is 1. The van der Waals surface area contributed by atoms with E-state index in [1.54, 1.807) is 11.1 Å². The molecule has 1 aromatic carbocycles. The monoisotopic (exact) mass is 703 g/mol. The normalized spacial score (nSPS) is 18.3. The summed E-state index contributed by atoms with van der Waals surface area (Å²) in [5.74, 6) is -1.20. The van der Waals surface area contributed by atoms with Gasteiger partial charge in [0.15, 0.2) is 5.82 Å². The van der Waals surface area contributed by atoms with Gasteiger partial charge in [0, 0.05) is 31.1 Å². The fourth-order valence-corrected chi connectivity index (χ4v) is 7.01. The first-order valence-corrected chi connectivity index (χ1v) is 15.9. The van der Waals surface area contributed by atoms with E-state index in [1.807, 2.05) is 38.7 Å². The highest BCUT2D eigenvalue weighted by molar-refractivity contribution is 6.47. The van der Waals surface area contributed by atoms with Crippen molar-refractivity contribution in [2.24, 2.45) is 5.92 Å². The van der Waals surface area contributed by atoms with Gasteiger partial charge in [0.1, 0.15) is 17.3 Å². The minimum absolute atomic E-state index is 0.00640. The van der Waals surface area contributed by atoms with E-state index in [1.165, 1.54) is 16.7 Å². The fourth-order valence-electron chi connectivity index (χ4n) is 6.07. The van der Waals surface area contributed by atoms with E-state index in [-0.39, 0.29) is 67.1 Å². The number of carbonyl (C=O) groups is 1. The maximum atomic E-state index is 15.8. The summed E-state index contributed by atoms with van der Waals surface area (Å²) < 4.78 is 17.1. The van der Waals surface area contributed by atoms with Crippen LogP contribution in [-0.2, 0) is 4.79 Å². The Bertz CT molecular complexity index is 1950. The summed E-state index contributed by atoms with van der Waals surface area (Å²) in [6, 6.07) is 3.02. The van der Waals surface area contributed by atoms with Crippen molar-refractivity contribution in [1.29, 1.82) is 5.26 Å². The van der Waals surface area contributed by atoms with Crippen LogP contribution in [0, 0.1) is 23.1 Å². The summed E-state index contributed by atoms with van der Waals surface area (Å²) in [7, 11) is 0. The van der Waals surface area contributed by atoms with Crippen LogP contribution in [0.4, 0.5) is 15.8 Å². The minimum Gasteiger partial charge on any atom is -0.396 e. The van der Waals surface area contributed by atoms with Gasteiger partial charge in [0.25, 0.3) is 5.56 Å². The topological polar surface area (TPSA) is 120 Å². The zero-order valence-corrected chi connectivity index (χ0v) is 28.4. The molecule has 4 heterocycles. The van der Waals surface area contributed by atoms with Crippen molar-refractivity contribution in [3.8, 4) is 17.3 Å². The van der Waals surface area contributed by atoms with Gasteiger partial charge >= 0.3 is 0 Å². The second-order valence-corrected chi connectivity index (χ2v) is 13.1. The first-order valence-electron chi connectivity index (χ1n) is 14.4. The molecule has 2 atom stereocenters. The third-order valence-corrected chi connectivity index (χ3v) is 9.86. The number of rotatable bonds is 5. The van der Waals surface area contributed by atoms with E-state index in [0.29, 0.717) is 36.4 Å². The van der Waals surface area contributed by atoms with Crippen LogP contribution in [0.5, 0.6) is 0 Å². The van der Waals surface area contributed by atoms with Crippen molar-refractivity contribution in [3.63, 3.8) is 0 Å². The number of halogens is 5. The molecule has 0 aliphatic carbocycles. The number of nitriles is 1. The highest BCUT2D eigenvalue weighted by Gasteiger charge is 2.34. The molecule has 9 nitrogen and oxygen atoms in total. The molecular formula is C32H30Cl4FN7O2. The summed E-state index contributed by atoms with van der Waals surface area (Å²) in [6.45, 7) is 12.2. The van der Waals surface area contributed by atoms with Gasteiger partial charge in [-0.2, -0.15) is 5.26 Å². The van der Waals surface area contributed by atoms with Crippen molar-refractivity contribution in [1.82, 2.24) is 19.8 Å². The number of piperazine rings is 1. The lowest BCUT2D eigenvalue weighted by Crippen LogP contribution is -2.54. The van der Waals surface area contributed by atoms with Gasteiger partial charge < -0.3 is 20.9 Å². The molecule has 14 heteroatoms. The third kappa shape index (κ3) is 5.39. The predicted molar refractivity (Wildman–Crippen MR) is 184 cm³/mol. The summed E-state index contributed by atoms with van der Waals surface area (Å²) in [5, 5.41) is 13.1. The number of carbonyl (C=O) groups excluding carboxylic acids is 1. The molecule has 2 aromatic heterocycles. The lowest BCUT2D eigenvalue weighted by Gasteiger charge is -2.41.